The van der Waals surface area contributed by atoms with Crippen molar-refractivity contribution in [3.8, 4) is 0 Å². The number of carboxylic acid groups (broad SMARTS) is 1. The van der Waals surface area contributed by atoms with Gasteiger partial charge in [0.1, 0.15) is 6.04 Å². The lowest BCUT2D eigenvalue weighted by molar-refractivity contribution is -0.139. The Balaban J connectivity index is 2.30. The largest absolute Gasteiger partial charge is 0.480 e. The number of hydrogen-bond donors (Lipinski definition) is 2. The Kier molecular flexibility index (Phi) is 3.44. The van der Waals surface area contributed by atoms with E-state index in [4.69, 9.17) is 9.63 Å². The van der Waals surface area contributed by atoms with Gasteiger partial charge in [0.2, 0.25) is 0 Å². The standard InChI is InChI=1S/C7H14NO3P/c1-12(2)11-5-3-6(7(9)10)8-4-5/h5-6,8H,3-4H2,1-2H3,(H,9,10). The molecule has 0 aromatic carbocycles. The van der Waals surface area contributed by atoms with Crippen LogP contribution in [0.5, 0.6) is 0 Å². The van der Waals surface area contributed by atoms with E-state index in [-0.39, 0.29) is 14.3 Å². The maximum atomic E-state index is 10.5. The third-order valence-corrected chi connectivity index (χ3v) is 2.47. The number of rotatable bonds is 3. The predicted octanol–water partition coefficient (Wildman–Crippen LogP) is 0.475. The Labute approximate surface area is 73.1 Å². The highest BCUT2D eigenvalue weighted by atomic mass is 31.1. The lowest BCUT2D eigenvalue weighted by Crippen LogP contribution is -2.29. The molecule has 1 rings (SSSR count). The van der Waals surface area contributed by atoms with Gasteiger partial charge in [-0.2, -0.15) is 0 Å². The van der Waals surface area contributed by atoms with Gasteiger partial charge in [-0.25, -0.2) is 0 Å². The van der Waals surface area contributed by atoms with Crippen molar-refractivity contribution in [3.63, 3.8) is 0 Å². The van der Waals surface area contributed by atoms with Gasteiger partial charge in [0.15, 0.2) is 0 Å². The molecule has 4 nitrogen and oxygen atoms in total. The molecule has 0 amide bonds. The fourth-order valence-corrected chi connectivity index (χ4v) is 2.03. The van der Waals surface area contributed by atoms with Crippen molar-refractivity contribution in [1.82, 2.24) is 5.32 Å². The van der Waals surface area contributed by atoms with Crippen molar-refractivity contribution in [3.05, 3.63) is 0 Å². The molecule has 1 saturated heterocycles. The molecule has 1 heterocycles. The van der Waals surface area contributed by atoms with E-state index in [1.54, 1.807) is 0 Å². The normalized spacial score (nSPS) is 29.6. The third kappa shape index (κ3) is 2.70. The number of nitrogens with one attached hydrogen (secondary N) is 1. The van der Waals surface area contributed by atoms with Gasteiger partial charge in [-0.05, 0) is 13.3 Å². The van der Waals surface area contributed by atoms with E-state index in [1.807, 2.05) is 13.3 Å². The van der Waals surface area contributed by atoms with Gasteiger partial charge in [0.25, 0.3) is 0 Å². The quantitative estimate of drug-likeness (QED) is 0.637. The molecule has 1 aliphatic rings. The molecule has 2 atom stereocenters. The number of carbonyl (C=O) groups is 1. The molecular formula is C7H14NO3P. The first-order valence-electron chi connectivity index (χ1n) is 3.90. The van der Waals surface area contributed by atoms with Crippen LogP contribution in [0.3, 0.4) is 0 Å². The summed E-state index contributed by atoms with van der Waals surface area (Å²) in [5.41, 5.74) is 0. The molecule has 1 aliphatic heterocycles. The molecule has 1 fully saturated rings. The van der Waals surface area contributed by atoms with Gasteiger partial charge in [-0.3, -0.25) is 4.79 Å². The first kappa shape index (κ1) is 9.90. The van der Waals surface area contributed by atoms with Crippen molar-refractivity contribution in [1.29, 1.82) is 0 Å². The summed E-state index contributed by atoms with van der Waals surface area (Å²) in [7, 11) is -0.383. The highest BCUT2D eigenvalue weighted by Crippen LogP contribution is 2.30. The summed E-state index contributed by atoms with van der Waals surface area (Å²) in [5, 5.41) is 11.5. The van der Waals surface area contributed by atoms with Crippen LogP contribution in [0, 0.1) is 0 Å². The van der Waals surface area contributed by atoms with Crippen LogP contribution in [-0.2, 0) is 9.32 Å². The molecule has 12 heavy (non-hydrogen) atoms. The maximum Gasteiger partial charge on any atom is 0.320 e. The summed E-state index contributed by atoms with van der Waals surface area (Å²) in [6.07, 6.45) is 0.683. The summed E-state index contributed by atoms with van der Waals surface area (Å²) in [5.74, 6) is -0.780. The van der Waals surface area contributed by atoms with Crippen LogP contribution in [0.2, 0.25) is 0 Å². The van der Waals surface area contributed by atoms with Crippen LogP contribution in [0.4, 0.5) is 0 Å². The molecule has 0 bridgehead atoms. The van der Waals surface area contributed by atoms with Crippen molar-refractivity contribution < 1.29 is 14.4 Å². The number of carboxylic acids is 1. The highest BCUT2D eigenvalue weighted by molar-refractivity contribution is 7.50. The van der Waals surface area contributed by atoms with Crippen molar-refractivity contribution >= 4 is 14.1 Å². The minimum absolute atomic E-state index is 0.0900. The van der Waals surface area contributed by atoms with E-state index in [2.05, 4.69) is 5.32 Å². The average molecular weight is 191 g/mol. The monoisotopic (exact) mass is 191 g/mol. The van der Waals surface area contributed by atoms with E-state index in [1.165, 1.54) is 0 Å². The van der Waals surface area contributed by atoms with Crippen LogP contribution in [-0.4, -0.2) is 43.1 Å². The Bertz CT molecular complexity index is 174. The molecular weight excluding hydrogens is 177 g/mol. The van der Waals surface area contributed by atoms with Crippen LogP contribution in [0.15, 0.2) is 0 Å². The molecule has 0 saturated carbocycles. The highest BCUT2D eigenvalue weighted by Gasteiger charge is 2.29. The van der Waals surface area contributed by atoms with Gasteiger partial charge >= 0.3 is 5.97 Å². The third-order valence-electron chi connectivity index (χ3n) is 1.75. The molecule has 5 heteroatoms. The summed E-state index contributed by atoms with van der Waals surface area (Å²) in [6, 6.07) is -0.412. The fraction of sp³-hybridized carbons (Fsp3) is 0.857. The second-order valence-corrected chi connectivity index (χ2v) is 4.91. The van der Waals surface area contributed by atoms with Gasteiger partial charge in [0, 0.05) is 21.1 Å². The first-order chi connectivity index (χ1) is 5.59. The van der Waals surface area contributed by atoms with Crippen molar-refractivity contribution in [2.45, 2.75) is 18.6 Å². The fourth-order valence-electron chi connectivity index (χ4n) is 1.27. The summed E-state index contributed by atoms with van der Waals surface area (Å²) < 4.78 is 5.53. The molecule has 2 N–H and O–H groups in total. The SMILES string of the molecule is CP(C)OC1CNC(C(=O)O)C1. The molecule has 0 radical (unpaired) electrons. The minimum Gasteiger partial charge on any atom is -0.480 e. The van der Waals surface area contributed by atoms with Crippen LogP contribution in [0.1, 0.15) is 6.42 Å². The van der Waals surface area contributed by atoms with Crippen LogP contribution < -0.4 is 5.32 Å². The van der Waals surface area contributed by atoms with Gasteiger partial charge in [-0.15, -0.1) is 0 Å². The summed E-state index contributed by atoms with van der Waals surface area (Å²) in [4.78, 5) is 10.5. The molecule has 0 spiro atoms. The average Bonchev–Trinajstić information content (AvgIpc) is 2.34. The second-order valence-electron chi connectivity index (χ2n) is 3.07. The Morgan fingerprint density at radius 3 is 2.75 bits per heavy atom. The topological polar surface area (TPSA) is 58.6 Å². The van der Waals surface area contributed by atoms with Crippen LogP contribution >= 0.6 is 8.15 Å². The molecule has 0 aromatic rings. The Morgan fingerprint density at radius 1 is 1.67 bits per heavy atom. The van der Waals surface area contributed by atoms with Crippen molar-refractivity contribution in [2.75, 3.05) is 19.9 Å². The molecule has 70 valence electrons. The number of aliphatic carboxylic acids is 1. The van der Waals surface area contributed by atoms with E-state index in [9.17, 15) is 4.79 Å². The van der Waals surface area contributed by atoms with E-state index < -0.39 is 12.0 Å². The minimum atomic E-state index is -0.780. The van der Waals surface area contributed by atoms with E-state index in [0.717, 1.165) is 0 Å². The summed E-state index contributed by atoms with van der Waals surface area (Å²) in [6.45, 7) is 4.70. The van der Waals surface area contributed by atoms with E-state index >= 15 is 0 Å². The van der Waals surface area contributed by atoms with Gasteiger partial charge in [-0.1, -0.05) is 0 Å². The predicted molar refractivity (Wildman–Crippen MR) is 47.7 cm³/mol. The molecule has 0 aromatic heterocycles. The molecule has 0 aliphatic carbocycles. The summed E-state index contributed by atoms with van der Waals surface area (Å²) >= 11 is 0. The first-order valence-corrected chi connectivity index (χ1v) is 6.05. The lowest BCUT2D eigenvalue weighted by atomic mass is 10.2. The number of hydrogen-bond acceptors (Lipinski definition) is 3. The van der Waals surface area contributed by atoms with E-state index in [0.29, 0.717) is 13.0 Å². The van der Waals surface area contributed by atoms with Crippen LogP contribution in [0.25, 0.3) is 0 Å². The second kappa shape index (κ2) is 4.17. The zero-order valence-corrected chi connectivity index (χ0v) is 8.17. The van der Waals surface area contributed by atoms with Gasteiger partial charge in [0.05, 0.1) is 6.10 Å². The maximum absolute atomic E-state index is 10.5. The lowest BCUT2D eigenvalue weighted by Gasteiger charge is -2.13. The van der Waals surface area contributed by atoms with Crippen molar-refractivity contribution in [2.24, 2.45) is 0 Å². The van der Waals surface area contributed by atoms with Gasteiger partial charge < -0.3 is 14.9 Å². The molecule has 2 unspecified atom stereocenters. The zero-order chi connectivity index (χ0) is 9.14. The zero-order valence-electron chi connectivity index (χ0n) is 7.28. The Morgan fingerprint density at radius 2 is 2.33 bits per heavy atom. The smallest absolute Gasteiger partial charge is 0.320 e. The Hall–Kier alpha value is -0.180.